The first-order valence-corrected chi connectivity index (χ1v) is 7.40. The van der Waals surface area contributed by atoms with Crippen LogP contribution in [0.15, 0.2) is 14.4 Å². The number of nitrogens with zero attached hydrogens (tertiary/aromatic N) is 6. The molecule has 0 aliphatic carbocycles. The third-order valence-corrected chi connectivity index (χ3v) is 3.42. The molecule has 0 aromatic carbocycles. The van der Waals surface area contributed by atoms with Gasteiger partial charge in [-0.1, -0.05) is 0 Å². The molecule has 0 aliphatic rings. The molecule has 24 heavy (non-hydrogen) atoms. The number of hydrogen-bond donors (Lipinski definition) is 0. The lowest BCUT2D eigenvalue weighted by Crippen LogP contribution is -2.55. The van der Waals surface area contributed by atoms with Crippen molar-refractivity contribution < 1.29 is 0 Å². The van der Waals surface area contributed by atoms with Crippen molar-refractivity contribution in [1.29, 1.82) is 15.8 Å². The molecule has 0 saturated heterocycles. The Morgan fingerprint density at radius 2 is 0.875 bits per heavy atom. The fraction of sp³-hybridized carbons (Fsp3) is 0.600. The second kappa shape index (κ2) is 7.94. The molecule has 9 heteroatoms. The van der Waals surface area contributed by atoms with E-state index in [0.29, 0.717) is 0 Å². The molecule has 1 heterocycles. The second-order valence-electron chi connectivity index (χ2n) is 5.77. The van der Waals surface area contributed by atoms with Gasteiger partial charge in [0.15, 0.2) is 0 Å². The quantitative estimate of drug-likeness (QED) is 0.699. The first-order chi connectivity index (χ1) is 11.3. The smallest absolute Gasteiger partial charge is 0.247 e. The van der Waals surface area contributed by atoms with E-state index in [1.54, 1.807) is 20.8 Å². The fourth-order valence-corrected chi connectivity index (χ4v) is 2.10. The van der Waals surface area contributed by atoms with Crippen molar-refractivity contribution >= 4 is 0 Å². The maximum Gasteiger partial charge on any atom is 0.336 e. The molecule has 0 bridgehead atoms. The van der Waals surface area contributed by atoms with Gasteiger partial charge < -0.3 is 0 Å². The average molecular weight is 330 g/mol. The van der Waals surface area contributed by atoms with E-state index >= 15 is 0 Å². The highest BCUT2D eigenvalue weighted by Crippen LogP contribution is 1.97. The van der Waals surface area contributed by atoms with Crippen LogP contribution in [-0.4, -0.2) is 13.7 Å². The van der Waals surface area contributed by atoms with Crippen LogP contribution >= 0.6 is 0 Å². The summed E-state index contributed by atoms with van der Waals surface area (Å²) in [6, 6.07) is 5.78. The van der Waals surface area contributed by atoms with Crippen molar-refractivity contribution in [3.8, 4) is 18.2 Å². The lowest BCUT2D eigenvalue weighted by molar-refractivity contribution is 0.394. The Bertz CT molecular complexity index is 753. The Hall–Kier alpha value is -3.12. The first-order valence-electron chi connectivity index (χ1n) is 7.40. The summed E-state index contributed by atoms with van der Waals surface area (Å²) in [7, 11) is 0. The van der Waals surface area contributed by atoms with Crippen molar-refractivity contribution in [2.45, 2.75) is 40.4 Å². The third-order valence-electron chi connectivity index (χ3n) is 3.42. The van der Waals surface area contributed by atoms with E-state index in [1.165, 1.54) is 0 Å². The summed E-state index contributed by atoms with van der Waals surface area (Å²) in [4.78, 5) is 37.3. The van der Waals surface area contributed by atoms with Crippen LogP contribution in [0.3, 0.4) is 0 Å². The van der Waals surface area contributed by atoms with Gasteiger partial charge >= 0.3 is 17.1 Å². The Labute approximate surface area is 138 Å². The van der Waals surface area contributed by atoms with Crippen molar-refractivity contribution in [2.24, 2.45) is 17.8 Å². The van der Waals surface area contributed by atoms with Gasteiger partial charge in [-0.2, -0.15) is 15.8 Å². The molecule has 3 unspecified atom stereocenters. The Kier molecular flexibility index (Phi) is 6.26. The molecule has 9 nitrogen and oxygen atoms in total. The molecule has 1 aromatic rings. The zero-order chi connectivity index (χ0) is 18.4. The Morgan fingerprint density at radius 3 is 1.04 bits per heavy atom. The standard InChI is InChI=1S/C15H18N6O3/c1-10(4-16)7-19-13(22)20(8-11(2)5-17)15(24)21(14(19)23)9-12(3)6-18/h10-12H,7-9H2,1-3H3. The van der Waals surface area contributed by atoms with Gasteiger partial charge in [-0.3, -0.25) is 0 Å². The van der Waals surface area contributed by atoms with Crippen LogP contribution in [0.4, 0.5) is 0 Å². The first kappa shape index (κ1) is 18.9. The van der Waals surface area contributed by atoms with Gasteiger partial charge in [-0.15, -0.1) is 0 Å². The minimum Gasteiger partial charge on any atom is -0.247 e. The molecular formula is C15H18N6O3. The maximum atomic E-state index is 12.4. The summed E-state index contributed by atoms with van der Waals surface area (Å²) in [6.45, 7) is 4.12. The predicted octanol–water partition coefficient (Wildman–Crippen LogP) is -0.349. The molecule has 0 radical (unpaired) electrons. The summed E-state index contributed by atoms with van der Waals surface area (Å²) in [5.41, 5.74) is -2.56. The van der Waals surface area contributed by atoms with E-state index in [-0.39, 0.29) is 19.6 Å². The highest BCUT2D eigenvalue weighted by Gasteiger charge is 2.19. The summed E-state index contributed by atoms with van der Waals surface area (Å²) in [5, 5.41) is 26.7. The van der Waals surface area contributed by atoms with E-state index in [9.17, 15) is 14.4 Å². The van der Waals surface area contributed by atoms with Crippen LogP contribution < -0.4 is 17.1 Å². The van der Waals surface area contributed by atoms with E-state index in [2.05, 4.69) is 0 Å². The van der Waals surface area contributed by atoms with Crippen LogP contribution in [0.25, 0.3) is 0 Å². The number of hydrogen-bond acceptors (Lipinski definition) is 6. The molecule has 0 saturated carbocycles. The summed E-state index contributed by atoms with van der Waals surface area (Å²) in [6.07, 6.45) is 0. The van der Waals surface area contributed by atoms with E-state index in [4.69, 9.17) is 15.8 Å². The zero-order valence-corrected chi connectivity index (χ0v) is 13.8. The lowest BCUT2D eigenvalue weighted by atomic mass is 10.2. The molecule has 0 amide bonds. The maximum absolute atomic E-state index is 12.4. The second-order valence-corrected chi connectivity index (χ2v) is 5.77. The minimum atomic E-state index is -0.852. The fourth-order valence-electron chi connectivity index (χ4n) is 2.10. The molecule has 126 valence electrons. The van der Waals surface area contributed by atoms with Crippen LogP contribution in [-0.2, 0) is 19.6 Å². The zero-order valence-electron chi connectivity index (χ0n) is 13.8. The summed E-state index contributed by atoms with van der Waals surface area (Å²) in [5.74, 6) is -1.84. The van der Waals surface area contributed by atoms with Gasteiger partial charge in [0, 0.05) is 19.6 Å². The Morgan fingerprint density at radius 1 is 0.667 bits per heavy atom. The SMILES string of the molecule is CC(C#N)Cn1c(=O)n(CC(C)C#N)c(=O)n(CC(C)C#N)c1=O. The molecule has 1 rings (SSSR count). The summed E-state index contributed by atoms with van der Waals surface area (Å²) < 4.78 is 2.43. The molecule has 0 N–H and O–H groups in total. The molecule has 0 spiro atoms. The van der Waals surface area contributed by atoms with Gasteiger partial charge in [0.05, 0.1) is 36.0 Å². The monoisotopic (exact) mass is 330 g/mol. The van der Waals surface area contributed by atoms with E-state index in [0.717, 1.165) is 13.7 Å². The molecule has 0 aliphatic heterocycles. The lowest BCUT2D eigenvalue weighted by Gasteiger charge is -2.15. The van der Waals surface area contributed by atoms with Gasteiger partial charge in [0.1, 0.15) is 0 Å². The average Bonchev–Trinajstić information content (AvgIpc) is 2.58. The largest absolute Gasteiger partial charge is 0.336 e. The van der Waals surface area contributed by atoms with Crippen molar-refractivity contribution in [1.82, 2.24) is 13.7 Å². The molecule has 1 aromatic heterocycles. The number of nitriles is 3. The van der Waals surface area contributed by atoms with Gasteiger partial charge in [-0.05, 0) is 20.8 Å². The third kappa shape index (κ3) is 3.99. The molecule has 0 fully saturated rings. The van der Waals surface area contributed by atoms with Gasteiger partial charge in [0.25, 0.3) is 0 Å². The van der Waals surface area contributed by atoms with Crippen LogP contribution in [0.1, 0.15) is 20.8 Å². The van der Waals surface area contributed by atoms with Crippen LogP contribution in [0, 0.1) is 51.7 Å². The van der Waals surface area contributed by atoms with Crippen LogP contribution in [0.2, 0.25) is 0 Å². The molecule has 3 atom stereocenters. The molecular weight excluding hydrogens is 312 g/mol. The number of aromatic nitrogens is 3. The normalized spacial score (nSPS) is 14.0. The van der Waals surface area contributed by atoms with Gasteiger partial charge in [0.2, 0.25) is 0 Å². The van der Waals surface area contributed by atoms with E-state index < -0.39 is 34.8 Å². The highest BCUT2D eigenvalue weighted by molar-refractivity contribution is 4.88. The summed E-state index contributed by atoms with van der Waals surface area (Å²) >= 11 is 0. The highest BCUT2D eigenvalue weighted by atomic mass is 16.2. The predicted molar refractivity (Wildman–Crippen MR) is 83.6 cm³/mol. The Balaban J connectivity index is 3.66. The van der Waals surface area contributed by atoms with Crippen molar-refractivity contribution in [3.63, 3.8) is 0 Å². The van der Waals surface area contributed by atoms with E-state index in [1.807, 2.05) is 18.2 Å². The topological polar surface area (TPSA) is 137 Å². The van der Waals surface area contributed by atoms with Crippen molar-refractivity contribution in [2.75, 3.05) is 0 Å². The van der Waals surface area contributed by atoms with Crippen molar-refractivity contribution in [3.05, 3.63) is 31.5 Å². The van der Waals surface area contributed by atoms with Gasteiger partial charge in [-0.25, -0.2) is 28.1 Å². The minimum absolute atomic E-state index is 0.170. The number of rotatable bonds is 6. The van der Waals surface area contributed by atoms with Crippen LogP contribution in [0.5, 0.6) is 0 Å².